The number of fused-ring (bicyclic) bond motifs is 1. The van der Waals surface area contributed by atoms with E-state index in [-0.39, 0.29) is 12.2 Å². The molecule has 1 aromatic heterocycles. The maximum Gasteiger partial charge on any atom is 0.204 e. The van der Waals surface area contributed by atoms with Gasteiger partial charge in [-0.25, -0.2) is 4.98 Å². The minimum atomic E-state index is 0.0725. The first-order valence-electron chi connectivity index (χ1n) is 6.27. The van der Waals surface area contributed by atoms with E-state index < -0.39 is 0 Å². The molecular weight excluding hydrogens is 244 g/mol. The molecule has 0 radical (unpaired) electrons. The largest absolute Gasteiger partial charge is 0.399 e. The van der Waals surface area contributed by atoms with Gasteiger partial charge < -0.3 is 25.1 Å². The van der Waals surface area contributed by atoms with Crippen molar-refractivity contribution in [1.82, 2.24) is 9.97 Å². The molecule has 1 aromatic carbocycles. The van der Waals surface area contributed by atoms with Crippen molar-refractivity contribution in [2.45, 2.75) is 12.2 Å². The summed E-state index contributed by atoms with van der Waals surface area (Å²) in [5.41, 5.74) is 8.37. The molecule has 3 N–H and O–H groups in total. The first-order chi connectivity index (χ1) is 9.21. The van der Waals surface area contributed by atoms with Crippen LogP contribution in [0.2, 0.25) is 0 Å². The number of aromatic nitrogens is 2. The highest BCUT2D eigenvalue weighted by Crippen LogP contribution is 2.24. The Morgan fingerprint density at radius 2 is 1.95 bits per heavy atom. The van der Waals surface area contributed by atoms with Crippen LogP contribution in [0.4, 0.5) is 11.6 Å². The van der Waals surface area contributed by atoms with Crippen LogP contribution in [0.15, 0.2) is 18.2 Å². The molecule has 102 valence electrons. The van der Waals surface area contributed by atoms with Gasteiger partial charge in [-0.05, 0) is 18.2 Å². The van der Waals surface area contributed by atoms with E-state index in [0.29, 0.717) is 0 Å². The van der Waals surface area contributed by atoms with Crippen molar-refractivity contribution < 1.29 is 9.47 Å². The lowest BCUT2D eigenvalue weighted by Crippen LogP contribution is -2.27. The van der Waals surface area contributed by atoms with Crippen LogP contribution < -0.4 is 10.6 Å². The van der Waals surface area contributed by atoms with Crippen molar-refractivity contribution in [2.75, 3.05) is 37.9 Å². The van der Waals surface area contributed by atoms with E-state index in [0.717, 1.165) is 35.8 Å². The minimum Gasteiger partial charge on any atom is -0.399 e. The lowest BCUT2D eigenvalue weighted by Gasteiger charge is -2.13. The fourth-order valence-corrected chi connectivity index (χ4v) is 2.53. The number of hydrogen-bond acceptors (Lipinski definition) is 5. The number of anilines is 2. The van der Waals surface area contributed by atoms with Gasteiger partial charge in [0.05, 0.1) is 11.0 Å². The summed E-state index contributed by atoms with van der Waals surface area (Å²) in [6.45, 7) is 1.54. The fourth-order valence-electron chi connectivity index (χ4n) is 2.53. The van der Waals surface area contributed by atoms with Crippen molar-refractivity contribution in [3.8, 4) is 0 Å². The van der Waals surface area contributed by atoms with Crippen LogP contribution in [0.5, 0.6) is 0 Å². The second-order valence-electron chi connectivity index (χ2n) is 4.79. The Bertz CT molecular complexity index is 571. The van der Waals surface area contributed by atoms with Gasteiger partial charge in [0, 0.05) is 33.0 Å². The molecule has 1 aliphatic rings. The number of benzene rings is 1. The van der Waals surface area contributed by atoms with Crippen LogP contribution in [0, 0.1) is 0 Å². The van der Waals surface area contributed by atoms with E-state index in [9.17, 15) is 0 Å². The van der Waals surface area contributed by atoms with Gasteiger partial charge in [-0.2, -0.15) is 0 Å². The standard InChI is InChI=1S/C13H18N4O2/c1-18-11-6-17(7-12(11)19-2)13-15-9-4-3-8(14)5-10(9)16-13/h3-5,11-12H,6-7,14H2,1-2H3,(H,15,16). The first kappa shape index (κ1) is 12.3. The highest BCUT2D eigenvalue weighted by atomic mass is 16.5. The molecule has 1 fully saturated rings. The molecule has 19 heavy (non-hydrogen) atoms. The monoisotopic (exact) mass is 262 g/mol. The maximum absolute atomic E-state index is 5.77. The molecule has 2 heterocycles. The number of imidazole rings is 1. The molecule has 0 aliphatic carbocycles. The molecule has 6 nitrogen and oxygen atoms in total. The predicted molar refractivity (Wildman–Crippen MR) is 74.3 cm³/mol. The van der Waals surface area contributed by atoms with Crippen LogP contribution in [0.1, 0.15) is 0 Å². The average molecular weight is 262 g/mol. The zero-order valence-electron chi connectivity index (χ0n) is 11.1. The van der Waals surface area contributed by atoms with E-state index in [1.54, 1.807) is 14.2 Å². The predicted octanol–water partition coefficient (Wildman–Crippen LogP) is 0.995. The van der Waals surface area contributed by atoms with E-state index in [1.807, 2.05) is 18.2 Å². The quantitative estimate of drug-likeness (QED) is 0.807. The number of methoxy groups -OCH3 is 2. The van der Waals surface area contributed by atoms with Crippen LogP contribution in [-0.4, -0.2) is 49.5 Å². The zero-order chi connectivity index (χ0) is 13.4. The van der Waals surface area contributed by atoms with Crippen LogP contribution in [-0.2, 0) is 9.47 Å². The molecule has 0 spiro atoms. The molecule has 2 aromatic rings. The molecule has 0 saturated carbocycles. The van der Waals surface area contributed by atoms with Crippen molar-refractivity contribution in [2.24, 2.45) is 0 Å². The lowest BCUT2D eigenvalue weighted by molar-refractivity contribution is -0.00461. The number of nitrogens with zero attached hydrogens (tertiary/aromatic N) is 2. The van der Waals surface area contributed by atoms with Gasteiger partial charge in [-0.1, -0.05) is 0 Å². The van der Waals surface area contributed by atoms with Crippen LogP contribution >= 0.6 is 0 Å². The summed E-state index contributed by atoms with van der Waals surface area (Å²) in [4.78, 5) is 10.0. The Morgan fingerprint density at radius 1 is 1.26 bits per heavy atom. The normalized spacial score (nSPS) is 23.4. The summed E-state index contributed by atoms with van der Waals surface area (Å²) < 4.78 is 10.9. The number of rotatable bonds is 3. The van der Waals surface area contributed by atoms with Crippen molar-refractivity contribution in [3.05, 3.63) is 18.2 Å². The van der Waals surface area contributed by atoms with E-state index >= 15 is 0 Å². The molecular formula is C13H18N4O2. The smallest absolute Gasteiger partial charge is 0.204 e. The maximum atomic E-state index is 5.77. The Hall–Kier alpha value is -1.79. The summed E-state index contributed by atoms with van der Waals surface area (Å²) in [5, 5.41) is 0. The fraction of sp³-hybridized carbons (Fsp3) is 0.462. The molecule has 0 amide bonds. The van der Waals surface area contributed by atoms with Gasteiger partial charge in [0.25, 0.3) is 0 Å². The molecule has 3 rings (SSSR count). The Kier molecular flexibility index (Phi) is 3.04. The molecule has 1 aliphatic heterocycles. The van der Waals surface area contributed by atoms with Gasteiger partial charge in [0.1, 0.15) is 12.2 Å². The van der Waals surface area contributed by atoms with Gasteiger partial charge in [-0.15, -0.1) is 0 Å². The third kappa shape index (κ3) is 2.13. The van der Waals surface area contributed by atoms with E-state index in [1.165, 1.54) is 0 Å². The lowest BCUT2D eigenvalue weighted by atomic mass is 10.3. The highest BCUT2D eigenvalue weighted by Gasteiger charge is 2.34. The van der Waals surface area contributed by atoms with Gasteiger partial charge >= 0.3 is 0 Å². The number of ether oxygens (including phenoxy) is 2. The minimum absolute atomic E-state index is 0.0725. The second-order valence-corrected chi connectivity index (χ2v) is 4.79. The average Bonchev–Trinajstić information content (AvgIpc) is 3.00. The number of nitrogens with two attached hydrogens (primary N) is 1. The Balaban J connectivity index is 1.88. The van der Waals surface area contributed by atoms with Crippen molar-refractivity contribution in [3.63, 3.8) is 0 Å². The third-order valence-corrected chi connectivity index (χ3v) is 3.61. The number of nitrogen functional groups attached to an aromatic ring is 1. The van der Waals surface area contributed by atoms with Crippen LogP contribution in [0.25, 0.3) is 11.0 Å². The number of aromatic amines is 1. The zero-order valence-corrected chi connectivity index (χ0v) is 11.1. The summed E-state index contributed by atoms with van der Waals surface area (Å²) in [6.07, 6.45) is 0.145. The molecule has 2 unspecified atom stereocenters. The second kappa shape index (κ2) is 4.71. The molecule has 2 atom stereocenters. The van der Waals surface area contributed by atoms with Crippen molar-refractivity contribution in [1.29, 1.82) is 0 Å². The Labute approximate surface area is 111 Å². The number of H-pyrrole nitrogens is 1. The Morgan fingerprint density at radius 3 is 2.58 bits per heavy atom. The number of hydrogen-bond donors (Lipinski definition) is 2. The summed E-state index contributed by atoms with van der Waals surface area (Å²) in [5.74, 6) is 0.835. The SMILES string of the molecule is COC1CN(c2nc3ccc(N)cc3[nH]2)CC1OC. The van der Waals surface area contributed by atoms with E-state index in [2.05, 4.69) is 14.9 Å². The molecule has 6 heteroatoms. The van der Waals surface area contributed by atoms with E-state index in [4.69, 9.17) is 15.2 Å². The van der Waals surface area contributed by atoms with Gasteiger partial charge in [-0.3, -0.25) is 0 Å². The first-order valence-corrected chi connectivity index (χ1v) is 6.27. The third-order valence-electron chi connectivity index (χ3n) is 3.61. The van der Waals surface area contributed by atoms with Crippen molar-refractivity contribution >= 4 is 22.7 Å². The molecule has 0 bridgehead atoms. The molecule has 1 saturated heterocycles. The van der Waals surface area contributed by atoms with Gasteiger partial charge in [0.2, 0.25) is 5.95 Å². The topological polar surface area (TPSA) is 76.4 Å². The highest BCUT2D eigenvalue weighted by molar-refractivity contribution is 5.80. The summed E-state index contributed by atoms with van der Waals surface area (Å²) in [7, 11) is 3.42. The van der Waals surface area contributed by atoms with Gasteiger partial charge in [0.15, 0.2) is 0 Å². The number of nitrogens with one attached hydrogen (secondary N) is 1. The summed E-state index contributed by atoms with van der Waals surface area (Å²) >= 11 is 0. The van der Waals surface area contributed by atoms with Crippen LogP contribution in [0.3, 0.4) is 0 Å². The summed E-state index contributed by atoms with van der Waals surface area (Å²) in [6, 6.07) is 5.67.